The minimum Gasteiger partial charge on any atom is -0.493 e. The zero-order valence-corrected chi connectivity index (χ0v) is 11.1. The van der Waals surface area contributed by atoms with Gasteiger partial charge in [0.15, 0.2) is 0 Å². The van der Waals surface area contributed by atoms with Crippen LogP contribution in [-0.2, 0) is 6.54 Å². The first-order chi connectivity index (χ1) is 8.76. The maximum atomic E-state index is 6.19. The lowest BCUT2D eigenvalue weighted by Gasteiger charge is -2.11. The molecule has 18 heavy (non-hydrogen) atoms. The van der Waals surface area contributed by atoms with Crippen LogP contribution < -0.4 is 10.5 Å². The van der Waals surface area contributed by atoms with Crippen molar-refractivity contribution in [2.45, 2.75) is 13.5 Å². The van der Waals surface area contributed by atoms with Gasteiger partial charge in [-0.1, -0.05) is 41.9 Å². The summed E-state index contributed by atoms with van der Waals surface area (Å²) in [4.78, 5) is 0. The Hall–Kier alpha value is -1.51. The summed E-state index contributed by atoms with van der Waals surface area (Å²) in [5.74, 6) is 0.872. The monoisotopic (exact) mass is 261 g/mol. The Bertz CT molecular complexity index is 540. The molecular formula is C15H16ClNO. The van der Waals surface area contributed by atoms with Gasteiger partial charge in [0, 0.05) is 17.1 Å². The zero-order chi connectivity index (χ0) is 13.0. The summed E-state index contributed by atoms with van der Waals surface area (Å²) in [5.41, 5.74) is 8.65. The molecule has 2 nitrogen and oxygen atoms in total. The molecule has 3 heteroatoms. The van der Waals surface area contributed by atoms with Crippen molar-refractivity contribution in [1.29, 1.82) is 0 Å². The minimum absolute atomic E-state index is 0.451. The zero-order valence-electron chi connectivity index (χ0n) is 10.3. The van der Waals surface area contributed by atoms with Gasteiger partial charge < -0.3 is 10.5 Å². The van der Waals surface area contributed by atoms with E-state index in [1.54, 1.807) is 0 Å². The number of benzene rings is 2. The fraction of sp³-hybridized carbons (Fsp3) is 0.200. The maximum absolute atomic E-state index is 6.19. The average molecular weight is 262 g/mol. The van der Waals surface area contributed by atoms with Gasteiger partial charge in [-0.3, -0.25) is 0 Å². The molecule has 0 atom stereocenters. The number of ether oxygens (including phenoxy) is 1. The number of hydrogen-bond acceptors (Lipinski definition) is 2. The summed E-state index contributed by atoms with van der Waals surface area (Å²) in [6.45, 7) is 3.07. The normalized spacial score (nSPS) is 10.4. The van der Waals surface area contributed by atoms with Crippen molar-refractivity contribution < 1.29 is 4.74 Å². The molecule has 94 valence electrons. The summed E-state index contributed by atoms with van der Waals surface area (Å²) < 4.78 is 5.62. The van der Waals surface area contributed by atoms with E-state index in [0.29, 0.717) is 18.2 Å². The highest BCUT2D eigenvalue weighted by Crippen LogP contribution is 2.32. The molecule has 0 heterocycles. The van der Waals surface area contributed by atoms with E-state index >= 15 is 0 Å². The minimum atomic E-state index is 0.451. The Labute approximate surface area is 112 Å². The first kappa shape index (κ1) is 12.9. The second-order valence-electron chi connectivity index (χ2n) is 3.94. The molecule has 0 aliphatic rings. The summed E-state index contributed by atoms with van der Waals surface area (Å²) in [6, 6.07) is 13.9. The Morgan fingerprint density at radius 3 is 2.61 bits per heavy atom. The lowest BCUT2D eigenvalue weighted by Crippen LogP contribution is -1.97. The Morgan fingerprint density at radius 2 is 1.94 bits per heavy atom. The van der Waals surface area contributed by atoms with Crippen LogP contribution in [-0.4, -0.2) is 6.61 Å². The number of nitrogens with two attached hydrogens (primary N) is 1. The molecule has 0 saturated carbocycles. The molecule has 2 N–H and O–H groups in total. The fourth-order valence-corrected chi connectivity index (χ4v) is 2.12. The van der Waals surface area contributed by atoms with Crippen LogP contribution >= 0.6 is 11.6 Å². The summed E-state index contributed by atoms with van der Waals surface area (Å²) in [6.07, 6.45) is 0. The van der Waals surface area contributed by atoms with Gasteiger partial charge in [-0.25, -0.2) is 0 Å². The van der Waals surface area contributed by atoms with Gasteiger partial charge in [-0.15, -0.1) is 0 Å². The van der Waals surface area contributed by atoms with Gasteiger partial charge in [0.25, 0.3) is 0 Å². The molecule has 2 rings (SSSR count). The molecule has 0 saturated heterocycles. The smallest absolute Gasteiger partial charge is 0.127 e. The Balaban J connectivity index is 2.45. The number of hydrogen-bond donors (Lipinski definition) is 1. The molecule has 0 bridgehead atoms. The van der Waals surface area contributed by atoms with Crippen molar-refractivity contribution in [3.05, 3.63) is 53.1 Å². The van der Waals surface area contributed by atoms with E-state index in [-0.39, 0.29) is 0 Å². The topological polar surface area (TPSA) is 35.2 Å². The highest BCUT2D eigenvalue weighted by atomic mass is 35.5. The molecule has 0 aromatic heterocycles. The van der Waals surface area contributed by atoms with Crippen LogP contribution in [0.25, 0.3) is 11.1 Å². The second-order valence-corrected chi connectivity index (χ2v) is 4.35. The van der Waals surface area contributed by atoms with Crippen LogP contribution in [0.15, 0.2) is 42.5 Å². The maximum Gasteiger partial charge on any atom is 0.127 e. The SMILES string of the molecule is CCOc1ccccc1-c1ccc(CN)c(Cl)c1. The number of rotatable bonds is 4. The van der Waals surface area contributed by atoms with Crippen LogP contribution in [0.4, 0.5) is 0 Å². The number of halogens is 1. The van der Waals surface area contributed by atoms with Crippen LogP contribution in [0.5, 0.6) is 5.75 Å². The van der Waals surface area contributed by atoms with E-state index in [0.717, 1.165) is 22.4 Å². The predicted molar refractivity (Wildman–Crippen MR) is 75.9 cm³/mol. The summed E-state index contributed by atoms with van der Waals surface area (Å²) in [5, 5.41) is 0.696. The van der Waals surface area contributed by atoms with E-state index < -0.39 is 0 Å². The van der Waals surface area contributed by atoms with Gasteiger partial charge in [0.05, 0.1) is 6.61 Å². The average Bonchev–Trinajstić information content (AvgIpc) is 2.40. The fourth-order valence-electron chi connectivity index (χ4n) is 1.87. The van der Waals surface area contributed by atoms with Crippen molar-refractivity contribution in [2.75, 3.05) is 6.61 Å². The van der Waals surface area contributed by atoms with Crippen LogP contribution in [0, 0.1) is 0 Å². The standard InChI is InChI=1S/C15H16ClNO/c1-2-18-15-6-4-3-5-13(15)11-7-8-12(10-17)14(16)9-11/h3-9H,2,10,17H2,1H3. The third-order valence-electron chi connectivity index (χ3n) is 2.77. The first-order valence-electron chi connectivity index (χ1n) is 5.97. The highest BCUT2D eigenvalue weighted by molar-refractivity contribution is 6.31. The van der Waals surface area contributed by atoms with E-state index in [2.05, 4.69) is 0 Å². The molecule has 2 aromatic rings. The molecule has 0 radical (unpaired) electrons. The first-order valence-corrected chi connectivity index (χ1v) is 6.34. The third kappa shape index (κ3) is 2.66. The van der Waals surface area contributed by atoms with E-state index in [1.807, 2.05) is 49.4 Å². The van der Waals surface area contributed by atoms with Gasteiger partial charge in [-0.05, 0) is 30.2 Å². The van der Waals surface area contributed by atoms with E-state index in [1.165, 1.54) is 0 Å². The molecule has 0 aliphatic carbocycles. The summed E-state index contributed by atoms with van der Waals surface area (Å²) >= 11 is 6.19. The molecule has 0 aliphatic heterocycles. The predicted octanol–water partition coefficient (Wildman–Crippen LogP) is 3.86. The van der Waals surface area contributed by atoms with Crippen molar-refractivity contribution in [3.63, 3.8) is 0 Å². The van der Waals surface area contributed by atoms with Crippen molar-refractivity contribution >= 4 is 11.6 Å². The van der Waals surface area contributed by atoms with Crippen molar-refractivity contribution in [3.8, 4) is 16.9 Å². The van der Waals surface area contributed by atoms with E-state index in [4.69, 9.17) is 22.1 Å². The highest BCUT2D eigenvalue weighted by Gasteiger charge is 2.07. The number of para-hydroxylation sites is 1. The lowest BCUT2D eigenvalue weighted by atomic mass is 10.0. The second kappa shape index (κ2) is 5.89. The quantitative estimate of drug-likeness (QED) is 0.907. The molecule has 0 fully saturated rings. The largest absolute Gasteiger partial charge is 0.493 e. The van der Waals surface area contributed by atoms with Gasteiger partial charge in [0.2, 0.25) is 0 Å². The Kier molecular flexibility index (Phi) is 4.24. The van der Waals surface area contributed by atoms with Crippen LogP contribution in [0.2, 0.25) is 5.02 Å². The molecule has 0 unspecified atom stereocenters. The lowest BCUT2D eigenvalue weighted by molar-refractivity contribution is 0.341. The summed E-state index contributed by atoms with van der Waals surface area (Å²) in [7, 11) is 0. The molecule has 0 spiro atoms. The molecular weight excluding hydrogens is 246 g/mol. The molecule has 2 aromatic carbocycles. The van der Waals surface area contributed by atoms with Gasteiger partial charge >= 0.3 is 0 Å². The molecule has 0 amide bonds. The van der Waals surface area contributed by atoms with Crippen LogP contribution in [0.1, 0.15) is 12.5 Å². The van der Waals surface area contributed by atoms with Crippen LogP contribution in [0.3, 0.4) is 0 Å². The van der Waals surface area contributed by atoms with Crippen molar-refractivity contribution in [2.24, 2.45) is 5.73 Å². The third-order valence-corrected chi connectivity index (χ3v) is 3.12. The van der Waals surface area contributed by atoms with Crippen molar-refractivity contribution in [1.82, 2.24) is 0 Å². The Morgan fingerprint density at radius 1 is 1.17 bits per heavy atom. The van der Waals surface area contributed by atoms with Gasteiger partial charge in [-0.2, -0.15) is 0 Å². The van der Waals surface area contributed by atoms with E-state index in [9.17, 15) is 0 Å². The van der Waals surface area contributed by atoms with Gasteiger partial charge in [0.1, 0.15) is 5.75 Å².